The molecule has 0 atom stereocenters. The fraction of sp³-hybridized carbons (Fsp3) is 0.333. The highest BCUT2D eigenvalue weighted by Gasteiger charge is 2.23. The normalized spacial score (nSPS) is 10.8. The molecule has 0 saturated carbocycles. The van der Waals surface area contributed by atoms with Gasteiger partial charge in [-0.1, -0.05) is 23.7 Å². The largest absolute Gasteiger partial charge is 0.480 e. The molecule has 0 aliphatic carbocycles. The molecule has 0 spiro atoms. The zero-order valence-corrected chi connectivity index (χ0v) is 10.9. The van der Waals surface area contributed by atoms with Crippen LogP contribution in [0.25, 0.3) is 0 Å². The summed E-state index contributed by atoms with van der Waals surface area (Å²) < 4.78 is 0. The third kappa shape index (κ3) is 4.25. The van der Waals surface area contributed by atoms with Crippen LogP contribution in [0.3, 0.4) is 0 Å². The van der Waals surface area contributed by atoms with Crippen LogP contribution in [0.2, 0.25) is 5.02 Å². The minimum absolute atomic E-state index is 0.419. The summed E-state index contributed by atoms with van der Waals surface area (Å²) in [6.07, 6.45) is 0. The number of carbonyl (C=O) groups is 2. The van der Waals surface area contributed by atoms with E-state index in [-0.39, 0.29) is 0 Å². The summed E-state index contributed by atoms with van der Waals surface area (Å²) in [6, 6.07) is 6.58. The van der Waals surface area contributed by atoms with Crippen molar-refractivity contribution in [2.75, 3.05) is 6.54 Å². The molecule has 6 heteroatoms. The van der Waals surface area contributed by atoms with E-state index < -0.39 is 24.1 Å². The lowest BCUT2D eigenvalue weighted by atomic mass is 9.94. The molecule has 0 fully saturated rings. The maximum absolute atomic E-state index is 11.5. The van der Waals surface area contributed by atoms with E-state index in [1.807, 2.05) is 6.07 Å². The van der Waals surface area contributed by atoms with Gasteiger partial charge in [-0.2, -0.15) is 0 Å². The van der Waals surface area contributed by atoms with Crippen molar-refractivity contribution in [3.05, 3.63) is 34.9 Å². The first-order chi connectivity index (χ1) is 8.31. The van der Waals surface area contributed by atoms with Gasteiger partial charge in [-0.05, 0) is 31.5 Å². The Bertz CT molecular complexity index is 460. The number of carboxylic acids is 1. The van der Waals surface area contributed by atoms with Crippen LogP contribution in [0.1, 0.15) is 19.4 Å². The van der Waals surface area contributed by atoms with Crippen molar-refractivity contribution in [1.82, 2.24) is 10.6 Å². The molecule has 0 radical (unpaired) electrons. The second-order valence-corrected chi connectivity index (χ2v) is 4.77. The Morgan fingerprint density at radius 3 is 2.61 bits per heavy atom. The predicted molar refractivity (Wildman–Crippen MR) is 68.6 cm³/mol. The maximum Gasteiger partial charge on any atom is 0.323 e. The first-order valence-corrected chi connectivity index (χ1v) is 5.73. The van der Waals surface area contributed by atoms with E-state index in [9.17, 15) is 9.59 Å². The summed E-state index contributed by atoms with van der Waals surface area (Å²) in [5, 5.41) is 14.0. The van der Waals surface area contributed by atoms with Crippen molar-refractivity contribution >= 4 is 23.6 Å². The molecule has 0 heterocycles. The Morgan fingerprint density at radius 1 is 1.39 bits per heavy atom. The van der Waals surface area contributed by atoms with Gasteiger partial charge in [-0.25, -0.2) is 4.79 Å². The average Bonchev–Trinajstić information content (AvgIpc) is 2.26. The molecule has 3 N–H and O–H groups in total. The Morgan fingerprint density at radius 2 is 2.06 bits per heavy atom. The van der Waals surface area contributed by atoms with Gasteiger partial charge in [0.15, 0.2) is 0 Å². The van der Waals surface area contributed by atoms with E-state index in [0.717, 1.165) is 5.56 Å². The van der Waals surface area contributed by atoms with Crippen LogP contribution in [0.5, 0.6) is 0 Å². The number of carbonyl (C=O) groups excluding carboxylic acids is 1. The van der Waals surface area contributed by atoms with Gasteiger partial charge in [0, 0.05) is 5.02 Å². The van der Waals surface area contributed by atoms with Crippen LogP contribution in [0, 0.1) is 0 Å². The molecule has 1 aromatic rings. The molecular formula is C12H15ClN2O3. The second kappa shape index (κ2) is 5.73. The van der Waals surface area contributed by atoms with E-state index >= 15 is 0 Å². The summed E-state index contributed by atoms with van der Waals surface area (Å²) in [5.74, 6) is -1.09. The van der Waals surface area contributed by atoms with Gasteiger partial charge >= 0.3 is 12.0 Å². The van der Waals surface area contributed by atoms with Crippen molar-refractivity contribution in [2.24, 2.45) is 0 Å². The number of hydrogen-bond donors (Lipinski definition) is 3. The zero-order valence-electron chi connectivity index (χ0n) is 10.2. The number of urea groups is 1. The maximum atomic E-state index is 11.5. The Balaban J connectivity index is 2.69. The quantitative estimate of drug-likeness (QED) is 0.783. The van der Waals surface area contributed by atoms with Crippen LogP contribution < -0.4 is 10.6 Å². The summed E-state index contributed by atoms with van der Waals surface area (Å²) >= 11 is 5.88. The third-order valence-electron chi connectivity index (χ3n) is 2.37. The number of nitrogens with one attached hydrogen (secondary N) is 2. The average molecular weight is 271 g/mol. The Kier molecular flexibility index (Phi) is 4.55. The van der Waals surface area contributed by atoms with Crippen molar-refractivity contribution in [3.8, 4) is 0 Å². The van der Waals surface area contributed by atoms with Gasteiger partial charge in [-0.15, -0.1) is 0 Å². The highest BCUT2D eigenvalue weighted by atomic mass is 35.5. The molecule has 1 aromatic carbocycles. The summed E-state index contributed by atoms with van der Waals surface area (Å²) in [5.41, 5.74) is 0.188. The molecule has 2 amide bonds. The lowest BCUT2D eigenvalue weighted by Crippen LogP contribution is -2.47. The highest BCUT2D eigenvalue weighted by Crippen LogP contribution is 2.22. The van der Waals surface area contributed by atoms with E-state index in [4.69, 9.17) is 16.7 Å². The fourth-order valence-electron chi connectivity index (χ4n) is 1.43. The molecule has 18 heavy (non-hydrogen) atoms. The van der Waals surface area contributed by atoms with E-state index in [1.54, 1.807) is 32.0 Å². The molecule has 0 aliphatic rings. The van der Waals surface area contributed by atoms with Gasteiger partial charge in [0.05, 0.1) is 5.54 Å². The fourth-order valence-corrected chi connectivity index (χ4v) is 1.62. The lowest BCUT2D eigenvalue weighted by Gasteiger charge is -2.27. The van der Waals surface area contributed by atoms with Crippen molar-refractivity contribution < 1.29 is 14.7 Å². The molecule has 0 unspecified atom stereocenters. The number of aliphatic carboxylic acids is 1. The number of rotatable bonds is 4. The van der Waals surface area contributed by atoms with Crippen LogP contribution in [-0.4, -0.2) is 23.7 Å². The monoisotopic (exact) mass is 270 g/mol. The van der Waals surface area contributed by atoms with E-state index in [0.29, 0.717) is 5.02 Å². The van der Waals surface area contributed by atoms with Gasteiger partial charge in [0.25, 0.3) is 0 Å². The minimum Gasteiger partial charge on any atom is -0.480 e. The summed E-state index contributed by atoms with van der Waals surface area (Å²) in [7, 11) is 0. The SMILES string of the molecule is CC(C)(NC(=O)NCC(=O)O)c1cccc(Cl)c1. The lowest BCUT2D eigenvalue weighted by molar-refractivity contribution is -0.135. The van der Waals surface area contributed by atoms with Crippen molar-refractivity contribution in [2.45, 2.75) is 19.4 Å². The molecule has 0 aromatic heterocycles. The molecule has 1 rings (SSSR count). The molecule has 98 valence electrons. The third-order valence-corrected chi connectivity index (χ3v) is 2.61. The number of carboxylic acid groups (broad SMARTS) is 1. The van der Waals surface area contributed by atoms with Crippen molar-refractivity contribution in [1.29, 1.82) is 0 Å². The van der Waals surface area contributed by atoms with Crippen molar-refractivity contribution in [3.63, 3.8) is 0 Å². The minimum atomic E-state index is -1.09. The van der Waals surface area contributed by atoms with Crippen LogP contribution >= 0.6 is 11.6 Å². The number of amides is 2. The molecule has 0 saturated heterocycles. The van der Waals surface area contributed by atoms with Gasteiger partial charge in [0.2, 0.25) is 0 Å². The van der Waals surface area contributed by atoms with E-state index in [1.165, 1.54) is 0 Å². The topological polar surface area (TPSA) is 78.4 Å². The predicted octanol–water partition coefficient (Wildman–Crippen LogP) is 1.96. The molecular weight excluding hydrogens is 256 g/mol. The van der Waals surface area contributed by atoms with Crippen LogP contribution in [0.4, 0.5) is 4.79 Å². The number of halogens is 1. The Hall–Kier alpha value is -1.75. The molecule has 0 aliphatic heterocycles. The number of benzene rings is 1. The molecule has 5 nitrogen and oxygen atoms in total. The smallest absolute Gasteiger partial charge is 0.323 e. The highest BCUT2D eigenvalue weighted by molar-refractivity contribution is 6.30. The summed E-state index contributed by atoms with van der Waals surface area (Å²) in [4.78, 5) is 21.8. The van der Waals surface area contributed by atoms with E-state index in [2.05, 4.69) is 10.6 Å². The van der Waals surface area contributed by atoms with Crippen LogP contribution in [0.15, 0.2) is 24.3 Å². The zero-order chi connectivity index (χ0) is 13.8. The van der Waals surface area contributed by atoms with Gasteiger partial charge in [0.1, 0.15) is 6.54 Å². The molecule has 0 bridgehead atoms. The van der Waals surface area contributed by atoms with Gasteiger partial charge < -0.3 is 15.7 Å². The standard InChI is InChI=1S/C12H15ClN2O3/c1-12(2,8-4-3-5-9(13)6-8)15-11(18)14-7-10(16)17/h3-6H,7H2,1-2H3,(H,16,17)(H2,14,15,18). The van der Waals surface area contributed by atoms with Gasteiger partial charge in [-0.3, -0.25) is 4.79 Å². The first kappa shape index (κ1) is 14.3. The first-order valence-electron chi connectivity index (χ1n) is 5.35. The second-order valence-electron chi connectivity index (χ2n) is 4.34. The Labute approximate surface area is 110 Å². The van der Waals surface area contributed by atoms with Crippen LogP contribution in [-0.2, 0) is 10.3 Å². The summed E-state index contributed by atoms with van der Waals surface area (Å²) in [6.45, 7) is 3.19. The number of hydrogen-bond acceptors (Lipinski definition) is 2.